The number of nitrogens with zero attached hydrogens (tertiary/aromatic N) is 1. The van der Waals surface area contributed by atoms with Crippen LogP contribution in [0.5, 0.6) is 0 Å². The molecule has 0 saturated carbocycles. The molecule has 152 valence electrons. The number of aryl methyl sites for hydroxylation is 1. The van der Waals surface area contributed by atoms with Crippen LogP contribution in [-0.2, 0) is 21.2 Å². The van der Waals surface area contributed by atoms with Gasteiger partial charge in [0.15, 0.2) is 0 Å². The molecule has 1 amide bonds. The third-order valence-electron chi connectivity index (χ3n) is 4.63. The van der Waals surface area contributed by atoms with Crippen molar-refractivity contribution in [1.29, 1.82) is 0 Å². The standard InChI is InChI=1S/C21H27BrN2O3S/c1-4-24(5-2)28(26,27)20-12-10-18(11-13-20)16(3)23-21(25)14-9-17-7-6-8-19(22)15-17/h6-8,10-13,15-16H,4-5,9,14H2,1-3H3,(H,23,25). The first kappa shape index (κ1) is 22.6. The Hall–Kier alpha value is -1.70. The van der Waals surface area contributed by atoms with Crippen molar-refractivity contribution in [2.45, 2.75) is 44.6 Å². The molecular formula is C21H27BrN2O3S. The average molecular weight is 467 g/mol. The Labute approximate surface area is 176 Å². The van der Waals surface area contributed by atoms with E-state index in [1.807, 2.05) is 45.0 Å². The molecule has 0 aliphatic rings. The van der Waals surface area contributed by atoms with Crippen LogP contribution in [0.3, 0.4) is 0 Å². The normalized spacial score (nSPS) is 12.8. The van der Waals surface area contributed by atoms with Gasteiger partial charge in [0.25, 0.3) is 0 Å². The largest absolute Gasteiger partial charge is 0.350 e. The summed E-state index contributed by atoms with van der Waals surface area (Å²) in [6.07, 6.45) is 1.06. The van der Waals surface area contributed by atoms with Gasteiger partial charge >= 0.3 is 0 Å². The minimum atomic E-state index is -3.47. The van der Waals surface area contributed by atoms with E-state index >= 15 is 0 Å². The van der Waals surface area contributed by atoms with E-state index in [9.17, 15) is 13.2 Å². The van der Waals surface area contributed by atoms with Crippen LogP contribution in [0.15, 0.2) is 57.9 Å². The van der Waals surface area contributed by atoms with Gasteiger partial charge in [-0.05, 0) is 48.7 Å². The van der Waals surface area contributed by atoms with Crippen LogP contribution in [0.2, 0.25) is 0 Å². The molecule has 0 bridgehead atoms. The molecule has 0 fully saturated rings. The summed E-state index contributed by atoms with van der Waals surface area (Å²) in [4.78, 5) is 12.5. The molecule has 2 rings (SSSR count). The molecule has 7 heteroatoms. The Bertz CT molecular complexity index is 894. The number of benzene rings is 2. The van der Waals surface area contributed by atoms with E-state index in [2.05, 4.69) is 21.2 Å². The summed E-state index contributed by atoms with van der Waals surface area (Å²) in [5.74, 6) is -0.0349. The zero-order valence-electron chi connectivity index (χ0n) is 16.5. The van der Waals surface area contributed by atoms with Crippen molar-refractivity contribution >= 4 is 31.9 Å². The molecule has 0 aromatic heterocycles. The van der Waals surface area contributed by atoms with E-state index in [1.54, 1.807) is 24.3 Å². The predicted molar refractivity (Wildman–Crippen MR) is 116 cm³/mol. The molecule has 28 heavy (non-hydrogen) atoms. The van der Waals surface area contributed by atoms with Gasteiger partial charge in [0.05, 0.1) is 10.9 Å². The van der Waals surface area contributed by atoms with Crippen molar-refractivity contribution in [3.63, 3.8) is 0 Å². The zero-order valence-corrected chi connectivity index (χ0v) is 18.9. The number of rotatable bonds is 9. The van der Waals surface area contributed by atoms with Crippen LogP contribution in [0, 0.1) is 0 Å². The summed E-state index contributed by atoms with van der Waals surface area (Å²) >= 11 is 3.43. The summed E-state index contributed by atoms with van der Waals surface area (Å²) in [7, 11) is -3.47. The fraction of sp³-hybridized carbons (Fsp3) is 0.381. The van der Waals surface area contributed by atoms with Gasteiger partial charge in [-0.3, -0.25) is 4.79 Å². The van der Waals surface area contributed by atoms with Gasteiger partial charge < -0.3 is 5.32 Å². The van der Waals surface area contributed by atoms with Crippen molar-refractivity contribution in [3.8, 4) is 0 Å². The van der Waals surface area contributed by atoms with Crippen molar-refractivity contribution in [2.24, 2.45) is 0 Å². The SMILES string of the molecule is CCN(CC)S(=O)(=O)c1ccc(C(C)NC(=O)CCc2cccc(Br)c2)cc1. The summed E-state index contributed by atoms with van der Waals surface area (Å²) in [6, 6.07) is 14.4. The van der Waals surface area contributed by atoms with E-state index in [4.69, 9.17) is 0 Å². The van der Waals surface area contributed by atoms with E-state index < -0.39 is 10.0 Å². The third kappa shape index (κ3) is 5.90. The molecule has 5 nitrogen and oxygen atoms in total. The number of nitrogens with one attached hydrogen (secondary N) is 1. The Balaban J connectivity index is 1.97. The lowest BCUT2D eigenvalue weighted by atomic mass is 10.1. The lowest BCUT2D eigenvalue weighted by molar-refractivity contribution is -0.121. The maximum absolute atomic E-state index is 12.6. The summed E-state index contributed by atoms with van der Waals surface area (Å²) in [6.45, 7) is 6.41. The average Bonchev–Trinajstić information content (AvgIpc) is 2.67. The topological polar surface area (TPSA) is 66.5 Å². The molecule has 2 aromatic carbocycles. The maximum atomic E-state index is 12.6. The minimum Gasteiger partial charge on any atom is -0.350 e. The molecule has 2 aromatic rings. The Morgan fingerprint density at radius 2 is 1.75 bits per heavy atom. The molecule has 1 atom stereocenters. The quantitative estimate of drug-likeness (QED) is 0.599. The monoisotopic (exact) mass is 466 g/mol. The number of carbonyl (C=O) groups is 1. The molecule has 1 N–H and O–H groups in total. The summed E-state index contributed by atoms with van der Waals surface area (Å²) in [5.41, 5.74) is 1.97. The molecular weight excluding hydrogens is 440 g/mol. The van der Waals surface area contributed by atoms with Crippen molar-refractivity contribution < 1.29 is 13.2 Å². The van der Waals surface area contributed by atoms with Crippen LogP contribution in [0.1, 0.15) is 44.4 Å². The highest BCUT2D eigenvalue weighted by molar-refractivity contribution is 9.10. The molecule has 0 aliphatic carbocycles. The lowest BCUT2D eigenvalue weighted by Crippen LogP contribution is -2.30. The lowest BCUT2D eigenvalue weighted by Gasteiger charge is -2.19. The number of halogens is 1. The molecule has 0 heterocycles. The molecule has 0 saturated heterocycles. The summed E-state index contributed by atoms with van der Waals surface area (Å²) in [5, 5.41) is 2.97. The van der Waals surface area contributed by atoms with Crippen LogP contribution in [0.4, 0.5) is 0 Å². The minimum absolute atomic E-state index is 0.0349. The van der Waals surface area contributed by atoms with Gasteiger partial charge in [0, 0.05) is 24.0 Å². The highest BCUT2D eigenvalue weighted by Crippen LogP contribution is 2.20. The first-order chi connectivity index (χ1) is 13.3. The molecule has 1 unspecified atom stereocenters. The van der Waals surface area contributed by atoms with Crippen LogP contribution < -0.4 is 5.32 Å². The number of hydrogen-bond donors (Lipinski definition) is 1. The van der Waals surface area contributed by atoms with Crippen LogP contribution >= 0.6 is 15.9 Å². The molecule has 0 spiro atoms. The Morgan fingerprint density at radius 3 is 2.32 bits per heavy atom. The van der Waals surface area contributed by atoms with E-state index in [0.717, 1.165) is 15.6 Å². The number of sulfonamides is 1. The predicted octanol–water partition coefficient (Wildman–Crippen LogP) is 4.29. The maximum Gasteiger partial charge on any atom is 0.243 e. The Kier molecular flexibility index (Phi) is 8.22. The van der Waals surface area contributed by atoms with E-state index in [-0.39, 0.29) is 16.8 Å². The van der Waals surface area contributed by atoms with Crippen molar-refractivity contribution in [2.75, 3.05) is 13.1 Å². The first-order valence-electron chi connectivity index (χ1n) is 9.41. The van der Waals surface area contributed by atoms with Gasteiger partial charge in [-0.25, -0.2) is 8.42 Å². The van der Waals surface area contributed by atoms with Crippen LogP contribution in [0.25, 0.3) is 0 Å². The van der Waals surface area contributed by atoms with Gasteiger partial charge in [0.1, 0.15) is 0 Å². The highest BCUT2D eigenvalue weighted by Gasteiger charge is 2.21. The second-order valence-electron chi connectivity index (χ2n) is 6.58. The zero-order chi connectivity index (χ0) is 20.7. The highest BCUT2D eigenvalue weighted by atomic mass is 79.9. The smallest absolute Gasteiger partial charge is 0.243 e. The van der Waals surface area contributed by atoms with E-state index in [0.29, 0.717) is 25.9 Å². The fourth-order valence-electron chi connectivity index (χ4n) is 2.99. The number of amides is 1. The van der Waals surface area contributed by atoms with Gasteiger partial charge in [-0.15, -0.1) is 0 Å². The van der Waals surface area contributed by atoms with Gasteiger partial charge in [0.2, 0.25) is 15.9 Å². The summed E-state index contributed by atoms with van der Waals surface area (Å²) < 4.78 is 27.5. The van der Waals surface area contributed by atoms with Crippen molar-refractivity contribution in [3.05, 3.63) is 64.1 Å². The van der Waals surface area contributed by atoms with Gasteiger partial charge in [-0.2, -0.15) is 4.31 Å². The van der Waals surface area contributed by atoms with E-state index in [1.165, 1.54) is 4.31 Å². The number of hydrogen-bond acceptors (Lipinski definition) is 3. The third-order valence-corrected chi connectivity index (χ3v) is 7.19. The van der Waals surface area contributed by atoms with Crippen molar-refractivity contribution in [1.82, 2.24) is 9.62 Å². The second-order valence-corrected chi connectivity index (χ2v) is 9.43. The Morgan fingerprint density at radius 1 is 1.11 bits per heavy atom. The van der Waals surface area contributed by atoms with Gasteiger partial charge in [-0.1, -0.05) is 54.0 Å². The first-order valence-corrected chi connectivity index (χ1v) is 11.6. The molecule has 0 aliphatic heterocycles. The van der Waals surface area contributed by atoms with Crippen LogP contribution in [-0.4, -0.2) is 31.7 Å². The number of carbonyl (C=O) groups excluding carboxylic acids is 1. The fourth-order valence-corrected chi connectivity index (χ4v) is 4.89. The molecule has 0 radical (unpaired) electrons. The second kappa shape index (κ2) is 10.2.